The van der Waals surface area contributed by atoms with Crippen LogP contribution in [0.3, 0.4) is 0 Å². The normalized spacial score (nSPS) is 14.8. The standard InChI is InChI=1S/C24H31ClN2O4S/c1-31-23-13-12-21(32(29,30)27-16-5-2-6-17-27)18-20(23)11-14-24(28)26-15-7-9-19-8-3-4-10-22(19)25/h3-4,8,10,12-13,18H,2,5-7,9,11,14-17H2,1H3,(H,26,28). The molecule has 0 bridgehead atoms. The molecule has 0 unspecified atom stereocenters. The fourth-order valence-corrected chi connectivity index (χ4v) is 5.71. The maximum absolute atomic E-state index is 13.0. The lowest BCUT2D eigenvalue weighted by Gasteiger charge is -2.26. The SMILES string of the molecule is COc1ccc(S(=O)(=O)N2CCCCC2)cc1CCC(=O)NCCCc1ccccc1Cl. The zero-order valence-electron chi connectivity index (χ0n) is 18.5. The molecule has 1 N–H and O–H groups in total. The number of halogens is 1. The number of hydrogen-bond donors (Lipinski definition) is 1. The molecule has 1 heterocycles. The van der Waals surface area contributed by atoms with Crippen LogP contribution < -0.4 is 10.1 Å². The Balaban J connectivity index is 1.54. The number of benzene rings is 2. The molecule has 32 heavy (non-hydrogen) atoms. The summed E-state index contributed by atoms with van der Waals surface area (Å²) in [6.45, 7) is 1.67. The Morgan fingerprint density at radius 3 is 2.53 bits per heavy atom. The van der Waals surface area contributed by atoms with E-state index in [9.17, 15) is 13.2 Å². The van der Waals surface area contributed by atoms with Crippen molar-refractivity contribution in [3.63, 3.8) is 0 Å². The molecule has 1 saturated heterocycles. The summed E-state index contributed by atoms with van der Waals surface area (Å²) in [6, 6.07) is 12.6. The van der Waals surface area contributed by atoms with Gasteiger partial charge in [-0.05, 0) is 67.5 Å². The third-order valence-electron chi connectivity index (χ3n) is 5.73. The van der Waals surface area contributed by atoms with E-state index >= 15 is 0 Å². The number of amides is 1. The summed E-state index contributed by atoms with van der Waals surface area (Å²) in [7, 11) is -1.98. The van der Waals surface area contributed by atoms with Gasteiger partial charge in [-0.25, -0.2) is 8.42 Å². The highest BCUT2D eigenvalue weighted by Crippen LogP contribution is 2.27. The van der Waals surface area contributed by atoms with E-state index in [1.54, 1.807) is 29.6 Å². The van der Waals surface area contributed by atoms with Gasteiger partial charge in [-0.1, -0.05) is 36.2 Å². The van der Waals surface area contributed by atoms with Crippen LogP contribution in [-0.2, 0) is 27.7 Å². The average molecular weight is 479 g/mol. The second kappa shape index (κ2) is 11.7. The molecule has 1 aliphatic rings. The smallest absolute Gasteiger partial charge is 0.243 e. The Morgan fingerprint density at radius 2 is 1.81 bits per heavy atom. The number of carbonyl (C=O) groups is 1. The fourth-order valence-electron chi connectivity index (χ4n) is 3.91. The Morgan fingerprint density at radius 1 is 1.06 bits per heavy atom. The maximum Gasteiger partial charge on any atom is 0.243 e. The molecule has 0 spiro atoms. The van der Waals surface area contributed by atoms with Gasteiger partial charge >= 0.3 is 0 Å². The second-order valence-corrected chi connectivity index (χ2v) is 10.3. The minimum atomic E-state index is -3.53. The molecule has 0 atom stereocenters. The zero-order valence-corrected chi connectivity index (χ0v) is 20.1. The van der Waals surface area contributed by atoms with Crippen LogP contribution in [0.5, 0.6) is 5.75 Å². The van der Waals surface area contributed by atoms with E-state index in [1.807, 2.05) is 24.3 Å². The van der Waals surface area contributed by atoms with Gasteiger partial charge in [-0.15, -0.1) is 0 Å². The number of ether oxygens (including phenoxy) is 1. The quantitative estimate of drug-likeness (QED) is 0.519. The van der Waals surface area contributed by atoms with E-state index in [-0.39, 0.29) is 17.2 Å². The predicted octanol–water partition coefficient (Wildman–Crippen LogP) is 4.20. The number of methoxy groups -OCH3 is 1. The number of piperidine rings is 1. The highest BCUT2D eigenvalue weighted by atomic mass is 35.5. The Bertz CT molecular complexity index is 1020. The van der Waals surface area contributed by atoms with Gasteiger partial charge < -0.3 is 10.1 Å². The molecular formula is C24H31ClN2O4S. The van der Waals surface area contributed by atoms with Gasteiger partial charge in [-0.3, -0.25) is 4.79 Å². The molecule has 6 nitrogen and oxygen atoms in total. The summed E-state index contributed by atoms with van der Waals surface area (Å²) in [6.07, 6.45) is 5.09. The Kier molecular flexibility index (Phi) is 8.96. The van der Waals surface area contributed by atoms with Crippen molar-refractivity contribution in [2.45, 2.75) is 49.8 Å². The van der Waals surface area contributed by atoms with Crippen LogP contribution in [-0.4, -0.2) is 45.4 Å². The zero-order chi connectivity index (χ0) is 23.0. The Labute approximate surface area is 196 Å². The number of aryl methyl sites for hydroxylation is 2. The summed E-state index contributed by atoms with van der Waals surface area (Å²) in [5.41, 5.74) is 1.79. The molecule has 0 radical (unpaired) electrons. The summed E-state index contributed by atoms with van der Waals surface area (Å²) < 4.78 is 32.9. The predicted molar refractivity (Wildman–Crippen MR) is 127 cm³/mol. The van der Waals surface area contributed by atoms with Crippen molar-refractivity contribution in [3.05, 3.63) is 58.6 Å². The number of nitrogens with zero attached hydrogens (tertiary/aromatic N) is 1. The molecule has 0 aromatic heterocycles. The van der Waals surface area contributed by atoms with Gasteiger partial charge in [0, 0.05) is 31.1 Å². The molecule has 1 amide bonds. The van der Waals surface area contributed by atoms with Crippen molar-refractivity contribution < 1.29 is 17.9 Å². The number of rotatable bonds is 10. The molecule has 174 valence electrons. The number of nitrogens with one attached hydrogen (secondary N) is 1. The van der Waals surface area contributed by atoms with Crippen LogP contribution in [0.25, 0.3) is 0 Å². The van der Waals surface area contributed by atoms with Crippen molar-refractivity contribution >= 4 is 27.5 Å². The maximum atomic E-state index is 13.0. The summed E-state index contributed by atoms with van der Waals surface area (Å²) in [5, 5.41) is 3.67. The van der Waals surface area contributed by atoms with E-state index in [4.69, 9.17) is 16.3 Å². The van der Waals surface area contributed by atoms with Crippen LogP contribution in [0.1, 0.15) is 43.2 Å². The highest BCUT2D eigenvalue weighted by molar-refractivity contribution is 7.89. The van der Waals surface area contributed by atoms with Gasteiger partial charge in [0.1, 0.15) is 5.75 Å². The van der Waals surface area contributed by atoms with Crippen LogP contribution in [0.15, 0.2) is 47.4 Å². The first-order chi connectivity index (χ1) is 15.4. The van der Waals surface area contributed by atoms with Gasteiger partial charge in [0.05, 0.1) is 12.0 Å². The first-order valence-corrected chi connectivity index (χ1v) is 12.9. The lowest BCUT2D eigenvalue weighted by Crippen LogP contribution is -2.35. The van der Waals surface area contributed by atoms with E-state index < -0.39 is 10.0 Å². The highest BCUT2D eigenvalue weighted by Gasteiger charge is 2.26. The summed E-state index contributed by atoms with van der Waals surface area (Å²) >= 11 is 6.16. The summed E-state index contributed by atoms with van der Waals surface area (Å²) in [4.78, 5) is 12.6. The number of carbonyl (C=O) groups excluding carboxylic acids is 1. The van der Waals surface area contributed by atoms with Crippen LogP contribution in [0, 0.1) is 0 Å². The monoisotopic (exact) mass is 478 g/mol. The van der Waals surface area contributed by atoms with Crippen molar-refractivity contribution in [1.82, 2.24) is 9.62 Å². The fraction of sp³-hybridized carbons (Fsp3) is 0.458. The molecule has 2 aromatic rings. The molecule has 0 saturated carbocycles. The molecule has 1 fully saturated rings. The Hall–Kier alpha value is -2.09. The second-order valence-electron chi connectivity index (χ2n) is 7.98. The largest absolute Gasteiger partial charge is 0.496 e. The van der Waals surface area contributed by atoms with Crippen molar-refractivity contribution in [1.29, 1.82) is 0 Å². The van der Waals surface area contributed by atoms with Gasteiger partial charge in [-0.2, -0.15) is 4.31 Å². The minimum absolute atomic E-state index is 0.0736. The first-order valence-electron chi connectivity index (χ1n) is 11.1. The summed E-state index contributed by atoms with van der Waals surface area (Å²) in [5.74, 6) is 0.518. The topological polar surface area (TPSA) is 75.7 Å². The van der Waals surface area contributed by atoms with E-state index in [2.05, 4.69) is 5.32 Å². The molecule has 1 aliphatic heterocycles. The van der Waals surface area contributed by atoms with Gasteiger partial charge in [0.2, 0.25) is 15.9 Å². The third-order valence-corrected chi connectivity index (χ3v) is 7.99. The lowest BCUT2D eigenvalue weighted by molar-refractivity contribution is -0.121. The number of hydrogen-bond acceptors (Lipinski definition) is 4. The van der Waals surface area contributed by atoms with Gasteiger partial charge in [0.15, 0.2) is 0 Å². The first kappa shape index (κ1) is 24.6. The third kappa shape index (κ3) is 6.47. The lowest BCUT2D eigenvalue weighted by atomic mass is 10.1. The van der Waals surface area contributed by atoms with Gasteiger partial charge in [0.25, 0.3) is 0 Å². The van der Waals surface area contributed by atoms with Crippen molar-refractivity contribution in [3.8, 4) is 5.75 Å². The van der Waals surface area contributed by atoms with Crippen LogP contribution >= 0.6 is 11.6 Å². The van der Waals surface area contributed by atoms with E-state index in [1.165, 1.54) is 0 Å². The molecule has 3 rings (SSSR count). The average Bonchev–Trinajstić information content (AvgIpc) is 2.82. The van der Waals surface area contributed by atoms with E-state index in [0.29, 0.717) is 31.8 Å². The van der Waals surface area contributed by atoms with Crippen molar-refractivity contribution in [2.24, 2.45) is 0 Å². The van der Waals surface area contributed by atoms with Crippen LogP contribution in [0.4, 0.5) is 0 Å². The minimum Gasteiger partial charge on any atom is -0.496 e. The molecule has 8 heteroatoms. The number of sulfonamides is 1. The van der Waals surface area contributed by atoms with E-state index in [0.717, 1.165) is 48.3 Å². The van der Waals surface area contributed by atoms with Crippen molar-refractivity contribution in [2.75, 3.05) is 26.7 Å². The van der Waals surface area contributed by atoms with Crippen LogP contribution in [0.2, 0.25) is 5.02 Å². The molecule has 2 aromatic carbocycles. The molecule has 0 aliphatic carbocycles. The molecular weight excluding hydrogens is 448 g/mol.